The molecule has 1 N–H and O–H groups in total. The van der Waals surface area contributed by atoms with E-state index in [9.17, 15) is 4.79 Å². The summed E-state index contributed by atoms with van der Waals surface area (Å²) in [6.07, 6.45) is 3.66. The van der Waals surface area contributed by atoms with Crippen LogP contribution in [0.4, 0.5) is 0 Å². The van der Waals surface area contributed by atoms with Crippen LogP contribution in [0.15, 0.2) is 23.7 Å². The third-order valence-electron chi connectivity index (χ3n) is 1.06. The molecule has 0 aliphatic carbocycles. The molecule has 0 bridgehead atoms. The Kier molecular flexibility index (Phi) is 4.90. The van der Waals surface area contributed by atoms with Crippen LogP contribution in [-0.2, 0) is 9.53 Å². The summed E-state index contributed by atoms with van der Waals surface area (Å²) in [6, 6.07) is 0. The Bertz CT molecular complexity index is 176. The van der Waals surface area contributed by atoms with E-state index in [2.05, 4.69) is 4.74 Å². The van der Waals surface area contributed by atoms with Crippen LogP contribution in [-0.4, -0.2) is 11.6 Å². The van der Waals surface area contributed by atoms with Crippen LogP contribution < -0.4 is 0 Å². The van der Waals surface area contributed by atoms with E-state index in [-0.39, 0.29) is 5.76 Å². The van der Waals surface area contributed by atoms with E-state index in [4.69, 9.17) is 5.11 Å². The number of aliphatic hydroxyl groups excluding tert-OH is 1. The molecule has 0 aliphatic rings. The molecular formula is C8H12O3. The van der Waals surface area contributed by atoms with E-state index < -0.39 is 0 Å². The zero-order valence-corrected chi connectivity index (χ0v) is 6.70. The topological polar surface area (TPSA) is 46.5 Å². The van der Waals surface area contributed by atoms with E-state index in [1.807, 2.05) is 6.92 Å². The molecule has 3 nitrogen and oxygen atoms in total. The van der Waals surface area contributed by atoms with Gasteiger partial charge in [-0.15, -0.1) is 0 Å². The summed E-state index contributed by atoms with van der Waals surface area (Å²) in [5.41, 5.74) is 0. The maximum absolute atomic E-state index is 9.87. The van der Waals surface area contributed by atoms with Gasteiger partial charge in [0, 0.05) is 6.42 Å². The number of ether oxygens (including phenoxy) is 1. The average Bonchev–Trinajstić information content (AvgIpc) is 1.97. The lowest BCUT2D eigenvalue weighted by Gasteiger charge is -1.97. The van der Waals surface area contributed by atoms with Crippen molar-refractivity contribution in [1.29, 1.82) is 0 Å². The second kappa shape index (κ2) is 5.53. The molecule has 11 heavy (non-hydrogen) atoms. The molecule has 0 saturated carbocycles. The van der Waals surface area contributed by atoms with Crippen LogP contribution in [0, 0.1) is 0 Å². The lowest BCUT2D eigenvalue weighted by atomic mass is 10.3. The molecule has 62 valence electrons. The van der Waals surface area contributed by atoms with Crippen LogP contribution in [0.2, 0.25) is 0 Å². The maximum atomic E-state index is 9.87. The molecule has 0 rings (SSSR count). The number of rotatable bonds is 4. The second-order valence-corrected chi connectivity index (χ2v) is 2.01. The fourth-order valence-electron chi connectivity index (χ4n) is 0.516. The lowest BCUT2D eigenvalue weighted by Crippen LogP contribution is -1.86. The van der Waals surface area contributed by atoms with Crippen molar-refractivity contribution in [3.8, 4) is 0 Å². The van der Waals surface area contributed by atoms with Gasteiger partial charge in [-0.1, -0.05) is 6.92 Å². The van der Waals surface area contributed by atoms with Crippen molar-refractivity contribution in [2.45, 2.75) is 20.3 Å². The fourth-order valence-corrected chi connectivity index (χ4v) is 0.516. The zero-order chi connectivity index (χ0) is 8.69. The molecule has 0 heterocycles. The molecular weight excluding hydrogens is 144 g/mol. The van der Waals surface area contributed by atoms with E-state index in [0.29, 0.717) is 18.7 Å². The quantitative estimate of drug-likeness (QED) is 0.384. The van der Waals surface area contributed by atoms with Crippen LogP contribution >= 0.6 is 0 Å². The number of carbonyl (C=O) groups excluding carboxylic acids is 1. The van der Waals surface area contributed by atoms with E-state index >= 15 is 0 Å². The van der Waals surface area contributed by atoms with Crippen molar-refractivity contribution < 1.29 is 14.6 Å². The van der Waals surface area contributed by atoms with Gasteiger partial charge in [-0.05, 0) is 19.1 Å². The van der Waals surface area contributed by atoms with Crippen molar-refractivity contribution in [2.75, 3.05) is 0 Å². The standard InChI is InChI=1S/C8H12O3/c1-3-8(11-6-9)5-4-7(2)10/h4-6,10H,3H2,1-2H3/b7-4+,8-5+. The highest BCUT2D eigenvalue weighted by Crippen LogP contribution is 2.01. The minimum atomic E-state index is 0.186. The third-order valence-corrected chi connectivity index (χ3v) is 1.06. The Morgan fingerprint density at radius 3 is 2.55 bits per heavy atom. The van der Waals surface area contributed by atoms with Gasteiger partial charge >= 0.3 is 0 Å². The SMILES string of the molecule is CC/C(=C\C=C(/C)O)OC=O. The Morgan fingerprint density at radius 1 is 1.55 bits per heavy atom. The summed E-state index contributed by atoms with van der Waals surface area (Å²) in [5, 5.41) is 8.74. The molecule has 0 spiro atoms. The molecule has 0 amide bonds. The second-order valence-electron chi connectivity index (χ2n) is 2.01. The van der Waals surface area contributed by atoms with E-state index in [0.717, 1.165) is 0 Å². The van der Waals surface area contributed by atoms with Crippen molar-refractivity contribution >= 4 is 6.47 Å². The third kappa shape index (κ3) is 5.21. The summed E-state index contributed by atoms with van der Waals surface area (Å²) in [4.78, 5) is 9.87. The van der Waals surface area contributed by atoms with Crippen LogP contribution in [0.3, 0.4) is 0 Å². The zero-order valence-electron chi connectivity index (χ0n) is 6.70. The van der Waals surface area contributed by atoms with Crippen molar-refractivity contribution in [3.63, 3.8) is 0 Å². The van der Waals surface area contributed by atoms with Gasteiger partial charge in [0.1, 0.15) is 5.76 Å². The van der Waals surface area contributed by atoms with Gasteiger partial charge in [0.05, 0.1) is 5.76 Å². The van der Waals surface area contributed by atoms with Crippen LogP contribution in [0.1, 0.15) is 20.3 Å². The van der Waals surface area contributed by atoms with Crippen LogP contribution in [0.25, 0.3) is 0 Å². The predicted molar refractivity (Wildman–Crippen MR) is 41.9 cm³/mol. The highest BCUT2D eigenvalue weighted by atomic mass is 16.5. The maximum Gasteiger partial charge on any atom is 0.298 e. The molecule has 0 aromatic rings. The number of aliphatic hydroxyl groups is 1. The first-order valence-corrected chi connectivity index (χ1v) is 3.37. The highest BCUT2D eigenvalue weighted by molar-refractivity contribution is 5.40. The van der Waals surface area contributed by atoms with Crippen molar-refractivity contribution in [2.24, 2.45) is 0 Å². The lowest BCUT2D eigenvalue weighted by molar-refractivity contribution is -0.125. The predicted octanol–water partition coefficient (Wildman–Crippen LogP) is 1.92. The van der Waals surface area contributed by atoms with Crippen LogP contribution in [0.5, 0.6) is 0 Å². The monoisotopic (exact) mass is 156 g/mol. The summed E-state index contributed by atoms with van der Waals surface area (Å²) < 4.78 is 4.57. The fraction of sp³-hybridized carbons (Fsp3) is 0.375. The Hall–Kier alpha value is -1.25. The highest BCUT2D eigenvalue weighted by Gasteiger charge is 1.90. The Morgan fingerprint density at radius 2 is 2.18 bits per heavy atom. The van der Waals surface area contributed by atoms with Crippen molar-refractivity contribution in [3.05, 3.63) is 23.7 Å². The van der Waals surface area contributed by atoms with Gasteiger partial charge in [0.25, 0.3) is 6.47 Å². The molecule has 0 radical (unpaired) electrons. The molecule has 0 aromatic heterocycles. The summed E-state index contributed by atoms with van der Waals surface area (Å²) in [5.74, 6) is 0.721. The molecule has 0 atom stereocenters. The van der Waals surface area contributed by atoms with Gasteiger partial charge < -0.3 is 9.84 Å². The number of carbonyl (C=O) groups is 1. The Labute approximate surface area is 66.0 Å². The smallest absolute Gasteiger partial charge is 0.298 e. The number of allylic oxidation sites excluding steroid dienone is 4. The minimum absolute atomic E-state index is 0.186. The number of hydrogen-bond donors (Lipinski definition) is 1. The van der Waals surface area contributed by atoms with E-state index in [1.165, 1.54) is 6.08 Å². The van der Waals surface area contributed by atoms with Gasteiger partial charge in [-0.2, -0.15) is 0 Å². The summed E-state index contributed by atoms with van der Waals surface area (Å²) >= 11 is 0. The molecule has 0 fully saturated rings. The molecule has 3 heteroatoms. The first kappa shape index (κ1) is 9.75. The summed E-state index contributed by atoms with van der Waals surface area (Å²) in [7, 11) is 0. The number of hydrogen-bond acceptors (Lipinski definition) is 3. The first-order valence-electron chi connectivity index (χ1n) is 3.37. The van der Waals surface area contributed by atoms with Crippen molar-refractivity contribution in [1.82, 2.24) is 0 Å². The molecule has 0 saturated heterocycles. The molecule has 0 unspecified atom stereocenters. The first-order chi connectivity index (χ1) is 5.20. The molecule has 0 aliphatic heterocycles. The largest absolute Gasteiger partial charge is 0.513 e. The molecule has 0 aromatic carbocycles. The Balaban J connectivity index is 4.11. The van der Waals surface area contributed by atoms with Gasteiger partial charge in [-0.3, -0.25) is 4.79 Å². The van der Waals surface area contributed by atoms with E-state index in [1.54, 1.807) is 13.0 Å². The van der Waals surface area contributed by atoms with Gasteiger partial charge in [-0.25, -0.2) is 0 Å². The summed E-state index contributed by atoms with van der Waals surface area (Å²) in [6.45, 7) is 3.77. The van der Waals surface area contributed by atoms with Gasteiger partial charge in [0.2, 0.25) is 0 Å². The average molecular weight is 156 g/mol. The minimum Gasteiger partial charge on any atom is -0.513 e. The van der Waals surface area contributed by atoms with Gasteiger partial charge in [0.15, 0.2) is 0 Å². The normalized spacial score (nSPS) is 12.9.